The van der Waals surface area contributed by atoms with Gasteiger partial charge in [-0.05, 0) is 150 Å². The zero-order chi connectivity index (χ0) is 45.3. The van der Waals surface area contributed by atoms with Crippen LogP contribution in [0, 0.1) is 27.7 Å². The molecule has 4 nitrogen and oxygen atoms in total. The third-order valence-corrected chi connectivity index (χ3v) is 14.8. The molecule has 6 aromatic rings. The lowest BCUT2D eigenvalue weighted by atomic mass is 9.61. The van der Waals surface area contributed by atoms with Crippen molar-refractivity contribution < 1.29 is 18.6 Å². The highest BCUT2D eigenvalue weighted by Crippen LogP contribution is 2.60. The van der Waals surface area contributed by atoms with E-state index < -0.39 is 36.6 Å². The molecule has 0 radical (unpaired) electrons. The average molecular weight is 845 g/mol. The van der Waals surface area contributed by atoms with Gasteiger partial charge in [-0.2, -0.15) is 0 Å². The van der Waals surface area contributed by atoms with Gasteiger partial charge in [0.05, 0.1) is 22.4 Å². The fourth-order valence-corrected chi connectivity index (χ4v) is 9.47. The molecule has 9 rings (SSSR count). The highest BCUT2D eigenvalue weighted by atomic mass is 16.7. The molecule has 64 heavy (non-hydrogen) atoms. The van der Waals surface area contributed by atoms with Gasteiger partial charge in [-0.15, -0.1) is 0 Å². The second-order valence-corrected chi connectivity index (χ2v) is 20.5. The van der Waals surface area contributed by atoms with Crippen LogP contribution in [-0.4, -0.2) is 36.6 Å². The molecule has 2 atom stereocenters. The lowest BCUT2D eigenvalue weighted by molar-refractivity contribution is 0.00578. The first kappa shape index (κ1) is 44.0. The van der Waals surface area contributed by atoms with Crippen molar-refractivity contribution in [3.8, 4) is 0 Å². The molecule has 3 aliphatic rings. The highest BCUT2D eigenvalue weighted by Gasteiger charge is 2.53. The lowest BCUT2D eigenvalue weighted by Gasteiger charge is -2.41. The van der Waals surface area contributed by atoms with Crippen molar-refractivity contribution in [3.63, 3.8) is 0 Å². The second kappa shape index (κ2) is 16.3. The van der Waals surface area contributed by atoms with Crippen molar-refractivity contribution in [1.29, 1.82) is 0 Å². The standard InChI is InChI=1S/C58H62B2O4/c1-37-13-21-41(22-14-37)49-50(42-23-15-38(2)16-24-42)54(46-31-35-48(36-32-46)60-63-57(9,10)58(11,12)64-60)52(44-27-19-40(4)20-28-44)51(43-25-17-39(3)18-26-43)53(49)45-29-33-47(34-30-45)59-61-55(5,6)56(7,8)62-59/h13-36,49-50H,1-12H3. The Kier molecular flexibility index (Phi) is 11.2. The Labute approximate surface area is 383 Å². The van der Waals surface area contributed by atoms with Crippen LogP contribution in [0.2, 0.25) is 0 Å². The van der Waals surface area contributed by atoms with Gasteiger partial charge >= 0.3 is 14.2 Å². The van der Waals surface area contributed by atoms with E-state index in [0.29, 0.717) is 0 Å². The van der Waals surface area contributed by atoms with Gasteiger partial charge < -0.3 is 18.6 Å². The first-order valence-corrected chi connectivity index (χ1v) is 23.0. The van der Waals surface area contributed by atoms with E-state index in [-0.39, 0.29) is 11.8 Å². The summed E-state index contributed by atoms with van der Waals surface area (Å²) in [7, 11) is -0.919. The fraction of sp³-hybridized carbons (Fsp3) is 0.310. The van der Waals surface area contributed by atoms with Gasteiger partial charge in [-0.25, -0.2) is 0 Å². The van der Waals surface area contributed by atoms with Gasteiger partial charge in [0.15, 0.2) is 0 Å². The van der Waals surface area contributed by atoms with Crippen LogP contribution in [-0.2, 0) is 18.6 Å². The van der Waals surface area contributed by atoms with Gasteiger partial charge in [0.1, 0.15) is 0 Å². The Balaban J connectivity index is 1.36. The SMILES string of the molecule is Cc1ccc(C2=C(c3ccc(B4OC(C)(C)C(C)(C)O4)cc3)C(c3ccc(C)cc3)C(c3ccc(C)cc3)C(c3ccc(B4OC(C)(C)C(C)(C)O4)cc3)=C2c2ccc(C)cc2)cc1. The Morgan fingerprint density at radius 2 is 0.547 bits per heavy atom. The Morgan fingerprint density at radius 3 is 0.812 bits per heavy atom. The summed E-state index contributed by atoms with van der Waals surface area (Å²) in [6.07, 6.45) is 0. The number of benzene rings is 6. The van der Waals surface area contributed by atoms with Crippen molar-refractivity contribution in [3.05, 3.63) is 201 Å². The topological polar surface area (TPSA) is 36.9 Å². The molecule has 0 amide bonds. The molecule has 0 spiro atoms. The molecule has 6 heteroatoms. The first-order valence-electron chi connectivity index (χ1n) is 23.0. The van der Waals surface area contributed by atoms with Crippen LogP contribution < -0.4 is 10.9 Å². The zero-order valence-corrected chi connectivity index (χ0v) is 39.8. The maximum atomic E-state index is 6.57. The maximum Gasteiger partial charge on any atom is 0.494 e. The van der Waals surface area contributed by atoms with Crippen molar-refractivity contribution in [1.82, 2.24) is 0 Å². The monoisotopic (exact) mass is 844 g/mol. The molecule has 0 aromatic heterocycles. The van der Waals surface area contributed by atoms with Gasteiger partial charge in [0.25, 0.3) is 0 Å². The molecule has 2 unspecified atom stereocenters. The summed E-state index contributed by atoms with van der Waals surface area (Å²) >= 11 is 0. The van der Waals surface area contributed by atoms with E-state index in [2.05, 4.69) is 229 Å². The summed E-state index contributed by atoms with van der Waals surface area (Å²) in [6, 6.07) is 54.8. The summed E-state index contributed by atoms with van der Waals surface area (Å²) in [5.74, 6) is -0.149. The molecule has 2 heterocycles. The molecule has 324 valence electrons. The predicted molar refractivity (Wildman–Crippen MR) is 268 cm³/mol. The lowest BCUT2D eigenvalue weighted by Crippen LogP contribution is -2.41. The van der Waals surface area contributed by atoms with Crippen LogP contribution in [0.4, 0.5) is 0 Å². The third kappa shape index (κ3) is 7.98. The van der Waals surface area contributed by atoms with Crippen molar-refractivity contribution in [2.24, 2.45) is 0 Å². The Morgan fingerprint density at radius 1 is 0.312 bits per heavy atom. The van der Waals surface area contributed by atoms with E-state index >= 15 is 0 Å². The smallest absolute Gasteiger partial charge is 0.399 e. The van der Waals surface area contributed by atoms with Crippen LogP contribution in [0.1, 0.15) is 123 Å². The zero-order valence-electron chi connectivity index (χ0n) is 39.8. The van der Waals surface area contributed by atoms with Crippen LogP contribution >= 0.6 is 0 Å². The summed E-state index contributed by atoms with van der Waals surface area (Å²) in [5.41, 5.74) is 17.4. The number of hydrogen-bond donors (Lipinski definition) is 0. The molecular formula is C58H62B2O4. The van der Waals surface area contributed by atoms with Gasteiger partial charge in [-0.3, -0.25) is 0 Å². The van der Waals surface area contributed by atoms with Crippen LogP contribution in [0.5, 0.6) is 0 Å². The Bertz CT molecular complexity index is 2500. The van der Waals surface area contributed by atoms with Crippen molar-refractivity contribution >= 4 is 47.5 Å². The number of allylic oxidation sites excluding steroid dienone is 4. The summed E-state index contributed by atoms with van der Waals surface area (Å²) < 4.78 is 26.3. The van der Waals surface area contributed by atoms with Crippen molar-refractivity contribution in [2.75, 3.05) is 0 Å². The third-order valence-electron chi connectivity index (χ3n) is 14.8. The minimum Gasteiger partial charge on any atom is -0.399 e. The predicted octanol–water partition coefficient (Wildman–Crippen LogP) is 12.6. The summed E-state index contributed by atoms with van der Waals surface area (Å²) in [6.45, 7) is 25.6. The second-order valence-electron chi connectivity index (χ2n) is 20.5. The van der Waals surface area contributed by atoms with E-state index in [9.17, 15) is 0 Å². The summed E-state index contributed by atoms with van der Waals surface area (Å²) in [4.78, 5) is 0. The molecule has 2 fully saturated rings. The maximum absolute atomic E-state index is 6.57. The first-order chi connectivity index (χ1) is 30.3. The summed E-state index contributed by atoms with van der Waals surface area (Å²) in [5, 5.41) is 0. The minimum atomic E-state index is -0.459. The van der Waals surface area contributed by atoms with Crippen LogP contribution in [0.3, 0.4) is 0 Å². The van der Waals surface area contributed by atoms with Gasteiger partial charge in [0.2, 0.25) is 0 Å². The molecular weight excluding hydrogens is 782 g/mol. The van der Waals surface area contributed by atoms with E-state index in [1.54, 1.807) is 0 Å². The number of rotatable bonds is 8. The van der Waals surface area contributed by atoms with Crippen LogP contribution in [0.25, 0.3) is 22.3 Å². The number of hydrogen-bond acceptors (Lipinski definition) is 4. The Hall–Kier alpha value is -5.23. The average Bonchev–Trinajstić information content (AvgIpc) is 3.63. The molecule has 6 aromatic carbocycles. The number of aryl methyl sites for hydroxylation is 4. The molecule has 0 N–H and O–H groups in total. The van der Waals surface area contributed by atoms with Crippen LogP contribution in [0.15, 0.2) is 146 Å². The highest BCUT2D eigenvalue weighted by molar-refractivity contribution is 6.62. The van der Waals surface area contributed by atoms with Gasteiger partial charge in [0, 0.05) is 11.8 Å². The fourth-order valence-electron chi connectivity index (χ4n) is 9.47. The molecule has 1 aliphatic carbocycles. The molecule has 2 aliphatic heterocycles. The quantitative estimate of drug-likeness (QED) is 0.143. The van der Waals surface area contributed by atoms with E-state index in [4.69, 9.17) is 18.6 Å². The van der Waals surface area contributed by atoms with E-state index in [0.717, 1.165) is 10.9 Å². The van der Waals surface area contributed by atoms with E-state index in [1.165, 1.54) is 77.9 Å². The van der Waals surface area contributed by atoms with E-state index in [1.807, 2.05) is 0 Å². The normalized spacial score (nSPS) is 21.2. The molecule has 0 bridgehead atoms. The minimum absolute atomic E-state index is 0.0747. The largest absolute Gasteiger partial charge is 0.494 e. The molecule has 0 saturated carbocycles. The van der Waals surface area contributed by atoms with Crippen molar-refractivity contribution in [2.45, 2.75) is 117 Å². The van der Waals surface area contributed by atoms with Gasteiger partial charge in [-0.1, -0.05) is 168 Å². The molecule has 2 saturated heterocycles.